The summed E-state index contributed by atoms with van der Waals surface area (Å²) >= 11 is 0. The molecule has 0 radical (unpaired) electrons. The number of hydrogen-bond donors (Lipinski definition) is 1. The summed E-state index contributed by atoms with van der Waals surface area (Å²) in [5, 5.41) is 2.67. The molecule has 0 unspecified atom stereocenters. The number of piperazine rings is 1. The number of amides is 1. The third-order valence-corrected chi connectivity index (χ3v) is 6.43. The summed E-state index contributed by atoms with van der Waals surface area (Å²) in [5.74, 6) is -0.702. The number of carbonyl (C=O) groups excluding carboxylic acids is 1. The quantitative estimate of drug-likeness (QED) is 0.779. The van der Waals surface area contributed by atoms with Crippen molar-refractivity contribution in [2.45, 2.75) is 4.90 Å². The minimum atomic E-state index is -3.53. The molecular formula is C20H22FN3O3S. The molecule has 28 heavy (non-hydrogen) atoms. The molecule has 0 atom stereocenters. The maximum atomic E-state index is 12.9. The average Bonchev–Trinajstić information content (AvgIpc) is 2.68. The highest BCUT2D eigenvalue weighted by Gasteiger charge is 2.27. The van der Waals surface area contributed by atoms with E-state index in [1.165, 1.54) is 34.6 Å². The predicted octanol–water partition coefficient (Wildman–Crippen LogP) is 2.41. The Bertz CT molecular complexity index is 949. The smallest absolute Gasteiger partial charge is 0.248 e. The van der Waals surface area contributed by atoms with Crippen LogP contribution in [0, 0.1) is 5.82 Å². The maximum absolute atomic E-state index is 12.9. The van der Waals surface area contributed by atoms with Gasteiger partial charge in [0, 0.05) is 37.9 Å². The molecule has 8 heteroatoms. The first-order chi connectivity index (χ1) is 13.3. The molecule has 0 aromatic heterocycles. The highest BCUT2D eigenvalue weighted by Crippen LogP contribution is 2.19. The number of hydrogen-bond acceptors (Lipinski definition) is 4. The van der Waals surface area contributed by atoms with Gasteiger partial charge in [-0.2, -0.15) is 4.31 Å². The van der Waals surface area contributed by atoms with Crippen molar-refractivity contribution >= 4 is 27.7 Å². The topological polar surface area (TPSA) is 69.7 Å². The number of nitrogens with one attached hydrogen (secondary N) is 1. The molecule has 1 N–H and O–H groups in total. The van der Waals surface area contributed by atoms with Crippen LogP contribution in [0.25, 0.3) is 6.08 Å². The molecule has 1 amide bonds. The average molecular weight is 403 g/mol. The van der Waals surface area contributed by atoms with Gasteiger partial charge in [0.05, 0.1) is 4.90 Å². The third kappa shape index (κ3) is 5.03. The van der Waals surface area contributed by atoms with Crippen molar-refractivity contribution in [1.82, 2.24) is 9.21 Å². The van der Waals surface area contributed by atoms with Crippen molar-refractivity contribution < 1.29 is 17.6 Å². The number of sulfonamides is 1. The van der Waals surface area contributed by atoms with E-state index in [2.05, 4.69) is 10.2 Å². The van der Waals surface area contributed by atoms with Gasteiger partial charge < -0.3 is 10.2 Å². The fourth-order valence-corrected chi connectivity index (χ4v) is 4.24. The van der Waals surface area contributed by atoms with E-state index in [4.69, 9.17) is 0 Å². The first-order valence-corrected chi connectivity index (χ1v) is 10.3. The third-order valence-electron chi connectivity index (χ3n) is 4.52. The number of rotatable bonds is 5. The second-order valence-corrected chi connectivity index (χ2v) is 8.54. The summed E-state index contributed by atoms with van der Waals surface area (Å²) in [6, 6.07) is 11.9. The summed E-state index contributed by atoms with van der Waals surface area (Å²) in [7, 11) is -1.57. The van der Waals surface area contributed by atoms with Gasteiger partial charge in [0.25, 0.3) is 0 Å². The standard InChI is InChI=1S/C20H22FN3O3S/c1-23-12-14-24(15-13-23)28(26,27)19-9-7-18(8-10-19)22-20(25)11-4-16-2-5-17(21)6-3-16/h2-11H,12-15H2,1H3,(H,22,25). The first kappa shape index (κ1) is 20.2. The fraction of sp³-hybridized carbons (Fsp3) is 0.250. The van der Waals surface area contributed by atoms with Gasteiger partial charge in [-0.1, -0.05) is 12.1 Å². The molecule has 0 spiro atoms. The number of anilines is 1. The van der Waals surface area contributed by atoms with Crippen molar-refractivity contribution in [3.05, 3.63) is 66.0 Å². The lowest BCUT2D eigenvalue weighted by atomic mass is 10.2. The molecule has 2 aromatic carbocycles. The van der Waals surface area contributed by atoms with E-state index in [0.29, 0.717) is 37.4 Å². The van der Waals surface area contributed by atoms with Crippen LogP contribution < -0.4 is 5.32 Å². The summed E-state index contributed by atoms with van der Waals surface area (Å²) in [4.78, 5) is 14.3. The zero-order valence-electron chi connectivity index (χ0n) is 15.5. The molecule has 1 aliphatic rings. The highest BCUT2D eigenvalue weighted by atomic mass is 32.2. The Kier molecular flexibility index (Phi) is 6.23. The van der Waals surface area contributed by atoms with Gasteiger partial charge in [-0.25, -0.2) is 12.8 Å². The number of halogens is 1. The van der Waals surface area contributed by atoms with Crippen molar-refractivity contribution in [3.63, 3.8) is 0 Å². The molecular weight excluding hydrogens is 381 g/mol. The van der Waals surface area contributed by atoms with E-state index in [9.17, 15) is 17.6 Å². The lowest BCUT2D eigenvalue weighted by Gasteiger charge is -2.31. The van der Waals surface area contributed by atoms with Crippen LogP contribution in [0.1, 0.15) is 5.56 Å². The molecule has 0 bridgehead atoms. The van der Waals surface area contributed by atoms with E-state index in [-0.39, 0.29) is 16.6 Å². The number of benzene rings is 2. The molecule has 6 nitrogen and oxygen atoms in total. The first-order valence-electron chi connectivity index (χ1n) is 8.88. The van der Waals surface area contributed by atoms with Crippen LogP contribution in [-0.4, -0.2) is 56.8 Å². The second-order valence-electron chi connectivity index (χ2n) is 6.61. The fourth-order valence-electron chi connectivity index (χ4n) is 2.82. The van der Waals surface area contributed by atoms with E-state index in [1.54, 1.807) is 30.3 Å². The zero-order chi connectivity index (χ0) is 20.1. The normalized spacial score (nSPS) is 16.4. The molecule has 148 valence electrons. The van der Waals surface area contributed by atoms with E-state index >= 15 is 0 Å². The van der Waals surface area contributed by atoms with Crippen LogP contribution in [-0.2, 0) is 14.8 Å². The molecule has 1 fully saturated rings. The zero-order valence-corrected chi connectivity index (χ0v) is 16.3. The van der Waals surface area contributed by atoms with Crippen LogP contribution >= 0.6 is 0 Å². The van der Waals surface area contributed by atoms with Crippen molar-refractivity contribution in [1.29, 1.82) is 0 Å². The summed E-state index contributed by atoms with van der Waals surface area (Å²) < 4.78 is 39.7. The van der Waals surface area contributed by atoms with E-state index in [0.717, 1.165) is 0 Å². The molecule has 0 saturated carbocycles. The van der Waals surface area contributed by atoms with Gasteiger partial charge in [0.1, 0.15) is 5.82 Å². The second kappa shape index (κ2) is 8.64. The van der Waals surface area contributed by atoms with E-state index in [1.807, 2.05) is 7.05 Å². The van der Waals surface area contributed by atoms with Gasteiger partial charge >= 0.3 is 0 Å². The van der Waals surface area contributed by atoms with Crippen LogP contribution in [0.3, 0.4) is 0 Å². The van der Waals surface area contributed by atoms with Crippen molar-refractivity contribution in [2.75, 3.05) is 38.5 Å². The lowest BCUT2D eigenvalue weighted by molar-refractivity contribution is -0.111. The van der Waals surface area contributed by atoms with Gasteiger partial charge in [-0.15, -0.1) is 0 Å². The summed E-state index contributed by atoms with van der Waals surface area (Å²) in [6.45, 7) is 2.33. The minimum absolute atomic E-state index is 0.205. The Hall–Kier alpha value is -2.55. The minimum Gasteiger partial charge on any atom is -0.323 e. The van der Waals surface area contributed by atoms with E-state index < -0.39 is 10.0 Å². The molecule has 2 aromatic rings. The van der Waals surface area contributed by atoms with Crippen LogP contribution in [0.5, 0.6) is 0 Å². The molecule has 3 rings (SSSR count). The van der Waals surface area contributed by atoms with Gasteiger partial charge in [0.2, 0.25) is 15.9 Å². The monoisotopic (exact) mass is 403 g/mol. The number of carbonyl (C=O) groups is 1. The molecule has 1 heterocycles. The number of nitrogens with zero attached hydrogens (tertiary/aromatic N) is 2. The molecule has 1 aliphatic heterocycles. The van der Waals surface area contributed by atoms with Crippen LogP contribution in [0.15, 0.2) is 59.5 Å². The van der Waals surface area contributed by atoms with Crippen LogP contribution in [0.4, 0.5) is 10.1 Å². The summed E-state index contributed by atoms with van der Waals surface area (Å²) in [6.07, 6.45) is 2.91. The van der Waals surface area contributed by atoms with Crippen LogP contribution in [0.2, 0.25) is 0 Å². The largest absolute Gasteiger partial charge is 0.323 e. The Balaban J connectivity index is 1.62. The SMILES string of the molecule is CN1CCN(S(=O)(=O)c2ccc(NC(=O)C=Cc3ccc(F)cc3)cc2)CC1. The predicted molar refractivity (Wildman–Crippen MR) is 107 cm³/mol. The molecule has 1 saturated heterocycles. The van der Waals surface area contributed by atoms with Crippen molar-refractivity contribution in [3.8, 4) is 0 Å². The Morgan fingerprint density at radius 2 is 1.61 bits per heavy atom. The lowest BCUT2D eigenvalue weighted by Crippen LogP contribution is -2.46. The van der Waals surface area contributed by atoms with Gasteiger partial charge in [-0.3, -0.25) is 4.79 Å². The van der Waals surface area contributed by atoms with Gasteiger partial charge in [0.15, 0.2) is 0 Å². The Morgan fingerprint density at radius 1 is 1.00 bits per heavy atom. The van der Waals surface area contributed by atoms with Crippen molar-refractivity contribution in [2.24, 2.45) is 0 Å². The number of likely N-dealkylation sites (N-methyl/N-ethyl adjacent to an activating group) is 1. The molecule has 0 aliphatic carbocycles. The Labute approximate surface area is 164 Å². The maximum Gasteiger partial charge on any atom is 0.248 e. The highest BCUT2D eigenvalue weighted by molar-refractivity contribution is 7.89. The summed E-state index contributed by atoms with van der Waals surface area (Å²) in [5.41, 5.74) is 1.19. The van der Waals surface area contributed by atoms with Gasteiger partial charge in [-0.05, 0) is 55.1 Å². The Morgan fingerprint density at radius 3 is 2.21 bits per heavy atom.